The van der Waals surface area contributed by atoms with Crippen molar-refractivity contribution in [3.8, 4) is 0 Å². The van der Waals surface area contributed by atoms with Gasteiger partial charge in [0.2, 0.25) is 29.5 Å². The van der Waals surface area contributed by atoms with Crippen molar-refractivity contribution in [1.29, 1.82) is 0 Å². The number of nitrogens with zero attached hydrogens (tertiary/aromatic N) is 2. The average molecular weight is 805 g/mol. The Morgan fingerprint density at radius 2 is 1.07 bits per heavy atom. The fourth-order valence-electron chi connectivity index (χ4n) is 4.99. The van der Waals surface area contributed by atoms with Gasteiger partial charge >= 0.3 is 8.25 Å². The molecule has 0 rings (SSSR count). The number of amides is 5. The summed E-state index contributed by atoms with van der Waals surface area (Å²) >= 11 is 0. The van der Waals surface area contributed by atoms with Crippen molar-refractivity contribution in [2.24, 2.45) is 56.2 Å². The first kappa shape index (κ1) is 50.5. The van der Waals surface area contributed by atoms with E-state index in [-0.39, 0.29) is 68.9 Å². The lowest BCUT2D eigenvalue weighted by atomic mass is 10.0. The van der Waals surface area contributed by atoms with Crippen LogP contribution in [0.4, 0.5) is 0 Å². The number of carbonyl (C=O) groups is 6. The smallest absolute Gasteiger partial charge is 0.370 e. The van der Waals surface area contributed by atoms with Gasteiger partial charge in [0.15, 0.2) is 17.7 Å². The van der Waals surface area contributed by atoms with Crippen LogP contribution in [0.1, 0.15) is 79.6 Å². The molecule has 0 saturated carbocycles. The van der Waals surface area contributed by atoms with E-state index in [2.05, 4.69) is 41.1 Å². The molecule has 0 aromatic rings. The van der Waals surface area contributed by atoms with Crippen LogP contribution in [0.5, 0.6) is 0 Å². The summed E-state index contributed by atoms with van der Waals surface area (Å²) in [5.41, 5.74) is 33.5. The van der Waals surface area contributed by atoms with Crippen LogP contribution in [0.2, 0.25) is 0 Å². The first-order valence-corrected chi connectivity index (χ1v) is 19.2. The normalized spacial score (nSPS) is 14.6. The fourth-order valence-corrected chi connectivity index (χ4v) is 5.25. The highest BCUT2D eigenvalue weighted by Crippen LogP contribution is 2.15. The van der Waals surface area contributed by atoms with Crippen LogP contribution in [0.3, 0.4) is 0 Å². The predicted molar refractivity (Wildman–Crippen MR) is 206 cm³/mol. The minimum atomic E-state index is -3.00. The van der Waals surface area contributed by atoms with E-state index in [9.17, 15) is 33.3 Å². The maximum absolute atomic E-state index is 13.6. The molecule has 22 nitrogen and oxygen atoms in total. The summed E-state index contributed by atoms with van der Waals surface area (Å²) in [5, 5.41) is 12.6. The molecular formula is C32H63N13O9P+. The van der Waals surface area contributed by atoms with Crippen LogP contribution in [-0.4, -0.2) is 115 Å². The molecular weight excluding hydrogens is 741 g/mol. The lowest BCUT2D eigenvalue weighted by Gasteiger charge is -2.26. The molecule has 0 aliphatic heterocycles. The zero-order valence-electron chi connectivity index (χ0n) is 32.4. The van der Waals surface area contributed by atoms with Gasteiger partial charge in [-0.25, -0.2) is 0 Å². The van der Waals surface area contributed by atoms with E-state index < -0.39 is 93.0 Å². The highest BCUT2D eigenvalue weighted by Gasteiger charge is 2.31. The van der Waals surface area contributed by atoms with E-state index in [0.29, 0.717) is 12.8 Å². The topological polar surface area (TPSA) is 390 Å². The van der Waals surface area contributed by atoms with E-state index in [4.69, 9.17) is 39.3 Å². The zero-order valence-corrected chi connectivity index (χ0v) is 33.3. The number of Topliss-reactive ketones (excluding diaryl/α,β-unsaturated/α-hetero) is 1. The summed E-state index contributed by atoms with van der Waals surface area (Å²) in [7, 11) is -3.00. The quantitative estimate of drug-likeness (QED) is 0.0158. The van der Waals surface area contributed by atoms with Crippen molar-refractivity contribution < 1.29 is 42.7 Å². The maximum atomic E-state index is 13.6. The standard InChI is InChI=1S/C32H62N13O9P/c1-17(2)14-20(33)27(48)41-16-25(46)22(10-13-54-55(52)53)43-26(47)19(5)42-29(50)23(8-6-11-39-31(35)36)45-30(51)24(9-7-12-40-32(37)38)44-28(49)21(34)15-18(3)4/h17-24H,6-16,33-34H2,1-5H3,(H13-,35,36,37,38,39,40,41,42,43,44,45,47,48,49,50,51,52,53)/p+1/t19-,20-,21-,22?,23-,24-/m0/s1. The van der Waals surface area contributed by atoms with E-state index in [0.717, 1.165) is 0 Å². The molecule has 0 radical (unpaired) electrons. The van der Waals surface area contributed by atoms with Crippen molar-refractivity contribution in [2.75, 3.05) is 26.2 Å². The van der Waals surface area contributed by atoms with Gasteiger partial charge in [0.1, 0.15) is 24.7 Å². The van der Waals surface area contributed by atoms with E-state index in [1.54, 1.807) is 0 Å². The molecule has 0 fully saturated rings. The third kappa shape index (κ3) is 23.8. The van der Waals surface area contributed by atoms with Crippen LogP contribution >= 0.6 is 8.25 Å². The lowest BCUT2D eigenvalue weighted by molar-refractivity contribution is -0.134. The summed E-state index contributed by atoms with van der Waals surface area (Å²) in [4.78, 5) is 95.5. The number of aliphatic imine (C=N–C) groups is 2. The first-order valence-electron chi connectivity index (χ1n) is 18.1. The largest absolute Gasteiger partial charge is 0.694 e. The molecule has 0 aromatic carbocycles. The SMILES string of the molecule is CC(C)C[C@H](N)C(=O)NCC(=O)C(CCO[P+](=O)O)NC(=O)[C@H](C)NC(=O)[C@H](CCCN=C(N)N)NC(=O)[C@H](CCCN=C(N)N)NC(=O)[C@@H](N)CC(C)C. The average Bonchev–Trinajstić information content (AvgIpc) is 3.07. The number of hydrogen-bond donors (Lipinski definition) is 12. The Morgan fingerprint density at radius 1 is 0.636 bits per heavy atom. The van der Waals surface area contributed by atoms with Gasteiger partial charge in [0, 0.05) is 24.1 Å². The summed E-state index contributed by atoms with van der Waals surface area (Å²) in [6.45, 7) is 8.18. The molecule has 5 amide bonds. The molecule has 0 bridgehead atoms. The fraction of sp³-hybridized carbons (Fsp3) is 0.750. The number of ketones is 1. The van der Waals surface area contributed by atoms with Gasteiger partial charge in [0.05, 0.1) is 24.7 Å². The van der Waals surface area contributed by atoms with Gasteiger partial charge in [0.25, 0.3) is 0 Å². The Kier molecular flexibility index (Phi) is 24.9. The minimum Gasteiger partial charge on any atom is -0.370 e. The Bertz CT molecular complexity index is 1340. The molecule has 55 heavy (non-hydrogen) atoms. The summed E-state index contributed by atoms with van der Waals surface area (Å²) in [6, 6.07) is -6.76. The molecule has 18 N–H and O–H groups in total. The first-order chi connectivity index (χ1) is 25.6. The van der Waals surface area contributed by atoms with Crippen LogP contribution in [0.25, 0.3) is 0 Å². The Balaban J connectivity index is 6.02. The Hall–Kier alpha value is -4.50. The molecule has 0 aliphatic carbocycles. The zero-order chi connectivity index (χ0) is 42.2. The Morgan fingerprint density at radius 3 is 1.53 bits per heavy atom. The molecule has 0 aliphatic rings. The molecule has 0 heterocycles. The second-order valence-corrected chi connectivity index (χ2v) is 14.6. The summed E-state index contributed by atoms with van der Waals surface area (Å²) < 4.78 is 15.7. The van der Waals surface area contributed by atoms with Gasteiger partial charge in [-0.3, -0.25) is 38.8 Å². The van der Waals surface area contributed by atoms with Gasteiger partial charge in [-0.1, -0.05) is 27.7 Å². The molecule has 0 spiro atoms. The third-order valence-corrected chi connectivity index (χ3v) is 8.19. The third-order valence-electron chi connectivity index (χ3n) is 7.78. The van der Waals surface area contributed by atoms with Crippen LogP contribution in [-0.2, 0) is 37.9 Å². The molecule has 0 aromatic heterocycles. The second kappa shape index (κ2) is 27.1. The van der Waals surface area contributed by atoms with Crippen molar-refractivity contribution in [2.45, 2.75) is 116 Å². The number of guanidine groups is 2. The predicted octanol–water partition coefficient (Wildman–Crippen LogP) is -3.46. The number of hydrogen-bond acceptors (Lipinski definition) is 12. The van der Waals surface area contributed by atoms with Crippen LogP contribution in [0, 0.1) is 11.8 Å². The van der Waals surface area contributed by atoms with Gasteiger partial charge in [-0.2, -0.15) is 0 Å². The lowest BCUT2D eigenvalue weighted by Crippen LogP contribution is -2.58. The number of rotatable bonds is 28. The monoisotopic (exact) mass is 804 g/mol. The molecule has 0 saturated heterocycles. The number of nitrogens with two attached hydrogens (primary N) is 6. The minimum absolute atomic E-state index is 0.000648. The van der Waals surface area contributed by atoms with E-state index in [1.807, 2.05) is 27.7 Å². The molecule has 2 unspecified atom stereocenters. The van der Waals surface area contributed by atoms with Crippen molar-refractivity contribution in [3.05, 3.63) is 0 Å². The number of nitrogens with one attached hydrogen (secondary N) is 5. The molecule has 314 valence electrons. The molecule has 7 atom stereocenters. The maximum Gasteiger partial charge on any atom is 0.694 e. The van der Waals surface area contributed by atoms with E-state index >= 15 is 0 Å². The Labute approximate surface area is 322 Å². The van der Waals surface area contributed by atoms with Crippen LogP contribution in [0.15, 0.2) is 9.98 Å². The second-order valence-electron chi connectivity index (χ2n) is 13.8. The van der Waals surface area contributed by atoms with Crippen molar-refractivity contribution >= 4 is 55.5 Å². The van der Waals surface area contributed by atoms with Gasteiger partial charge in [-0.05, 0) is 57.3 Å². The van der Waals surface area contributed by atoms with Crippen molar-refractivity contribution in [3.63, 3.8) is 0 Å². The number of carbonyl (C=O) groups excluding carboxylic acids is 6. The van der Waals surface area contributed by atoms with Gasteiger partial charge in [-0.15, -0.1) is 9.42 Å². The van der Waals surface area contributed by atoms with E-state index in [1.165, 1.54) is 6.92 Å². The van der Waals surface area contributed by atoms with Crippen molar-refractivity contribution in [1.82, 2.24) is 26.6 Å². The van der Waals surface area contributed by atoms with Crippen LogP contribution < -0.4 is 61.0 Å². The summed E-state index contributed by atoms with van der Waals surface area (Å²) in [5.74, 6) is -4.30. The molecule has 23 heteroatoms. The highest BCUT2D eigenvalue weighted by molar-refractivity contribution is 7.32. The summed E-state index contributed by atoms with van der Waals surface area (Å²) in [6.07, 6.45) is 1.05. The van der Waals surface area contributed by atoms with Gasteiger partial charge < -0.3 is 61.0 Å². The highest BCUT2D eigenvalue weighted by atomic mass is 31.1.